The van der Waals surface area contributed by atoms with Gasteiger partial charge in [0.15, 0.2) is 0 Å². The van der Waals surface area contributed by atoms with Gasteiger partial charge in [0.1, 0.15) is 11.6 Å². The van der Waals surface area contributed by atoms with Crippen molar-refractivity contribution in [2.24, 2.45) is 0 Å². The fourth-order valence-corrected chi connectivity index (χ4v) is 1.34. The Hall–Kier alpha value is -3.12. The molecule has 0 heterocycles. The molecule has 0 saturated heterocycles. The molecule has 0 saturated carbocycles. The molecule has 2 amide bonds. The first-order valence-electron chi connectivity index (χ1n) is 5.70. The number of rotatable bonds is 3. The van der Waals surface area contributed by atoms with Gasteiger partial charge in [-0.05, 0) is 30.7 Å². The Morgan fingerprint density at radius 2 is 2.15 bits per heavy atom. The van der Waals surface area contributed by atoms with Crippen LogP contribution in [0.4, 0.5) is 4.79 Å². The van der Waals surface area contributed by atoms with E-state index in [1.165, 1.54) is 12.1 Å². The highest BCUT2D eigenvalue weighted by Crippen LogP contribution is 2.09. The molecule has 0 radical (unpaired) electrons. The van der Waals surface area contributed by atoms with Crippen molar-refractivity contribution in [2.75, 3.05) is 6.61 Å². The Morgan fingerprint density at radius 3 is 2.75 bits per heavy atom. The molecule has 6 heteroatoms. The molecule has 100 valence electrons. The highest BCUT2D eigenvalue weighted by atomic mass is 16.5. The second-order valence-electron chi connectivity index (χ2n) is 3.58. The van der Waals surface area contributed by atoms with Crippen molar-refractivity contribution in [2.45, 2.75) is 6.92 Å². The van der Waals surface area contributed by atoms with Crippen LogP contribution >= 0.6 is 0 Å². The van der Waals surface area contributed by atoms with Crippen LogP contribution in [0, 0.1) is 22.7 Å². The number of nitriles is 2. The minimum Gasteiger partial charge on any atom is -0.450 e. The first-order chi connectivity index (χ1) is 9.60. The fourth-order valence-electron chi connectivity index (χ4n) is 1.34. The number of ether oxygens (including phenoxy) is 1. The maximum absolute atomic E-state index is 11.7. The summed E-state index contributed by atoms with van der Waals surface area (Å²) >= 11 is 0. The van der Waals surface area contributed by atoms with Gasteiger partial charge in [-0.3, -0.25) is 10.1 Å². The van der Waals surface area contributed by atoms with Crippen molar-refractivity contribution in [3.05, 3.63) is 41.0 Å². The standard InChI is InChI=1S/C14H11N3O3/c1-2-20-14(19)17-13(18)12(9-16)7-10-4-3-5-11(6-10)8-15/h3-7H,2H2,1H3,(H,17,18,19)/b12-7+. The van der Waals surface area contributed by atoms with Crippen molar-refractivity contribution in [3.8, 4) is 12.1 Å². The molecular formula is C14H11N3O3. The van der Waals surface area contributed by atoms with Gasteiger partial charge >= 0.3 is 6.09 Å². The van der Waals surface area contributed by atoms with Crippen LogP contribution in [-0.4, -0.2) is 18.6 Å². The molecule has 0 aliphatic rings. The minimum absolute atomic E-state index is 0.120. The van der Waals surface area contributed by atoms with Crippen LogP contribution in [0.2, 0.25) is 0 Å². The Balaban J connectivity index is 2.92. The molecule has 0 spiro atoms. The number of alkyl carbamates (subject to hydrolysis) is 1. The molecule has 0 bridgehead atoms. The zero-order valence-corrected chi connectivity index (χ0v) is 10.7. The van der Waals surface area contributed by atoms with E-state index in [1.807, 2.05) is 11.4 Å². The van der Waals surface area contributed by atoms with E-state index < -0.39 is 12.0 Å². The van der Waals surface area contributed by atoms with Gasteiger partial charge in [-0.15, -0.1) is 0 Å². The fraction of sp³-hybridized carbons (Fsp3) is 0.143. The van der Waals surface area contributed by atoms with Crippen LogP contribution in [-0.2, 0) is 9.53 Å². The summed E-state index contributed by atoms with van der Waals surface area (Å²) in [5.74, 6) is -0.853. The smallest absolute Gasteiger partial charge is 0.414 e. The third kappa shape index (κ3) is 4.28. The van der Waals surface area contributed by atoms with E-state index in [-0.39, 0.29) is 12.2 Å². The summed E-state index contributed by atoms with van der Waals surface area (Å²) in [6, 6.07) is 10.0. The van der Waals surface area contributed by atoms with E-state index in [1.54, 1.807) is 31.2 Å². The lowest BCUT2D eigenvalue weighted by molar-refractivity contribution is -0.116. The molecule has 0 aliphatic heterocycles. The normalized spacial score (nSPS) is 10.1. The van der Waals surface area contributed by atoms with Gasteiger partial charge in [-0.1, -0.05) is 12.1 Å². The third-order valence-electron chi connectivity index (χ3n) is 2.18. The largest absolute Gasteiger partial charge is 0.450 e. The lowest BCUT2D eigenvalue weighted by atomic mass is 10.1. The van der Waals surface area contributed by atoms with Crippen molar-refractivity contribution in [1.29, 1.82) is 10.5 Å². The number of carbonyl (C=O) groups is 2. The van der Waals surface area contributed by atoms with Gasteiger partial charge in [0, 0.05) is 0 Å². The van der Waals surface area contributed by atoms with Crippen LogP contribution in [0.25, 0.3) is 6.08 Å². The molecule has 1 N–H and O–H groups in total. The summed E-state index contributed by atoms with van der Waals surface area (Å²) in [7, 11) is 0. The molecular weight excluding hydrogens is 258 g/mol. The molecule has 0 aromatic heterocycles. The first-order valence-corrected chi connectivity index (χ1v) is 5.70. The van der Waals surface area contributed by atoms with Crippen LogP contribution < -0.4 is 5.32 Å². The molecule has 6 nitrogen and oxygen atoms in total. The molecule has 0 fully saturated rings. The lowest BCUT2D eigenvalue weighted by Crippen LogP contribution is -2.31. The zero-order valence-electron chi connectivity index (χ0n) is 10.7. The molecule has 1 rings (SSSR count). The van der Waals surface area contributed by atoms with Gasteiger partial charge in [0.2, 0.25) is 0 Å². The Morgan fingerprint density at radius 1 is 1.40 bits per heavy atom. The third-order valence-corrected chi connectivity index (χ3v) is 2.18. The van der Waals surface area contributed by atoms with Gasteiger partial charge in [-0.25, -0.2) is 4.79 Å². The van der Waals surface area contributed by atoms with E-state index in [9.17, 15) is 9.59 Å². The molecule has 1 aromatic rings. The van der Waals surface area contributed by atoms with Crippen LogP contribution in [0.5, 0.6) is 0 Å². The quantitative estimate of drug-likeness (QED) is 0.665. The highest BCUT2D eigenvalue weighted by Gasteiger charge is 2.13. The van der Waals surface area contributed by atoms with E-state index in [2.05, 4.69) is 4.74 Å². The van der Waals surface area contributed by atoms with Gasteiger partial charge in [0.05, 0.1) is 18.2 Å². The zero-order chi connectivity index (χ0) is 15.0. The number of imide groups is 1. The summed E-state index contributed by atoms with van der Waals surface area (Å²) in [5.41, 5.74) is 0.662. The summed E-state index contributed by atoms with van der Waals surface area (Å²) in [6.45, 7) is 1.72. The number of hydrogen-bond donors (Lipinski definition) is 1. The minimum atomic E-state index is -0.913. The number of nitrogens with one attached hydrogen (secondary N) is 1. The summed E-state index contributed by atoms with van der Waals surface area (Å²) in [5, 5.41) is 19.6. The van der Waals surface area contributed by atoms with Gasteiger partial charge < -0.3 is 4.74 Å². The highest BCUT2D eigenvalue weighted by molar-refractivity contribution is 6.07. The number of carbonyl (C=O) groups excluding carboxylic acids is 2. The number of amides is 2. The number of benzene rings is 1. The topological polar surface area (TPSA) is 103 Å². The predicted molar refractivity (Wildman–Crippen MR) is 69.9 cm³/mol. The molecule has 0 unspecified atom stereocenters. The Labute approximate surface area is 115 Å². The van der Waals surface area contributed by atoms with Crippen molar-refractivity contribution >= 4 is 18.1 Å². The summed E-state index contributed by atoms with van der Waals surface area (Å²) < 4.78 is 4.54. The van der Waals surface area contributed by atoms with Crippen LogP contribution in [0.1, 0.15) is 18.1 Å². The van der Waals surface area contributed by atoms with E-state index in [0.717, 1.165) is 0 Å². The SMILES string of the molecule is CCOC(=O)NC(=O)/C(C#N)=C/c1cccc(C#N)c1. The lowest BCUT2D eigenvalue weighted by Gasteiger charge is -2.03. The molecule has 0 atom stereocenters. The monoisotopic (exact) mass is 269 g/mol. The maximum Gasteiger partial charge on any atom is 0.414 e. The van der Waals surface area contributed by atoms with Gasteiger partial charge in [-0.2, -0.15) is 10.5 Å². The predicted octanol–water partition coefficient (Wildman–Crippen LogP) is 1.74. The van der Waals surface area contributed by atoms with Crippen molar-refractivity contribution < 1.29 is 14.3 Å². The molecule has 1 aromatic carbocycles. The summed E-state index contributed by atoms with van der Waals surface area (Å²) in [6.07, 6.45) is 0.375. The maximum atomic E-state index is 11.7. The Kier molecular flexibility index (Phi) is 5.49. The average Bonchev–Trinajstić information content (AvgIpc) is 2.45. The summed E-state index contributed by atoms with van der Waals surface area (Å²) in [4.78, 5) is 22.7. The number of nitrogens with zero attached hydrogens (tertiary/aromatic N) is 2. The van der Waals surface area contributed by atoms with Crippen molar-refractivity contribution in [1.82, 2.24) is 5.32 Å². The second kappa shape index (κ2) is 7.34. The van der Waals surface area contributed by atoms with Crippen LogP contribution in [0.3, 0.4) is 0 Å². The van der Waals surface area contributed by atoms with E-state index >= 15 is 0 Å². The van der Waals surface area contributed by atoms with Gasteiger partial charge in [0.25, 0.3) is 5.91 Å². The number of hydrogen-bond acceptors (Lipinski definition) is 5. The average molecular weight is 269 g/mol. The Bertz CT molecular complexity index is 636. The van der Waals surface area contributed by atoms with Crippen LogP contribution in [0.15, 0.2) is 29.8 Å². The van der Waals surface area contributed by atoms with E-state index in [0.29, 0.717) is 11.1 Å². The first kappa shape index (κ1) is 14.9. The second-order valence-corrected chi connectivity index (χ2v) is 3.58. The molecule has 20 heavy (non-hydrogen) atoms. The molecule has 0 aliphatic carbocycles. The van der Waals surface area contributed by atoms with Crippen molar-refractivity contribution in [3.63, 3.8) is 0 Å². The van der Waals surface area contributed by atoms with E-state index in [4.69, 9.17) is 10.5 Å².